The third kappa shape index (κ3) is 2.50. The fourth-order valence-corrected chi connectivity index (χ4v) is 3.54. The van der Waals surface area contributed by atoms with Crippen molar-refractivity contribution in [2.75, 3.05) is 38.2 Å². The van der Waals surface area contributed by atoms with Gasteiger partial charge >= 0.3 is 0 Å². The van der Waals surface area contributed by atoms with Gasteiger partial charge in [-0.25, -0.2) is 0 Å². The third-order valence-corrected chi connectivity index (χ3v) is 4.91. The van der Waals surface area contributed by atoms with Crippen molar-refractivity contribution in [1.82, 2.24) is 9.88 Å². The number of likely N-dealkylation sites (tertiary alicyclic amines) is 1. The van der Waals surface area contributed by atoms with Crippen molar-refractivity contribution in [2.45, 2.75) is 12.8 Å². The smallest absolute Gasteiger partial charge is 0.229 e. The molecule has 23 heavy (non-hydrogen) atoms. The summed E-state index contributed by atoms with van der Waals surface area (Å²) in [7, 11) is 1.67. The molecule has 4 rings (SSSR count). The summed E-state index contributed by atoms with van der Waals surface area (Å²) in [4.78, 5) is 21.1. The summed E-state index contributed by atoms with van der Waals surface area (Å²) in [6.07, 6.45) is 4.13. The van der Waals surface area contributed by atoms with E-state index in [0.29, 0.717) is 5.91 Å². The Hall–Kier alpha value is -2.30. The highest BCUT2D eigenvalue weighted by atomic mass is 16.5. The van der Waals surface area contributed by atoms with Gasteiger partial charge < -0.3 is 14.5 Å². The van der Waals surface area contributed by atoms with E-state index in [1.54, 1.807) is 7.11 Å². The van der Waals surface area contributed by atoms with Gasteiger partial charge in [0.25, 0.3) is 0 Å². The van der Waals surface area contributed by atoms with Crippen LogP contribution in [0.5, 0.6) is 5.75 Å². The summed E-state index contributed by atoms with van der Waals surface area (Å²) in [5.74, 6) is 1.30. The molecular formula is C18H21N3O2. The standard InChI is InChI=1S/C18H21N3O2/c1-23-14-4-5-16-15(10-14)17(6-7-19-16)21-11-13(12-21)18(22)20-8-2-3-9-20/h4-7,10,13H,2-3,8-9,11-12H2,1H3. The molecule has 2 saturated heterocycles. The lowest BCUT2D eigenvalue weighted by atomic mass is 9.96. The number of ether oxygens (including phenoxy) is 1. The number of hydrogen-bond donors (Lipinski definition) is 0. The summed E-state index contributed by atoms with van der Waals surface area (Å²) >= 11 is 0. The molecule has 2 aliphatic heterocycles. The predicted octanol–water partition coefficient (Wildman–Crippen LogP) is 2.30. The molecule has 0 atom stereocenters. The first-order valence-electron chi connectivity index (χ1n) is 8.23. The number of benzene rings is 1. The van der Waals surface area contributed by atoms with E-state index in [1.807, 2.05) is 35.4 Å². The predicted molar refractivity (Wildman–Crippen MR) is 89.8 cm³/mol. The Morgan fingerprint density at radius 2 is 2.00 bits per heavy atom. The van der Waals surface area contributed by atoms with Crippen LogP contribution in [0.2, 0.25) is 0 Å². The molecule has 1 aromatic carbocycles. The SMILES string of the molecule is COc1ccc2nccc(N3CC(C(=O)N4CCCC4)C3)c2c1. The highest BCUT2D eigenvalue weighted by Gasteiger charge is 2.36. The molecule has 1 amide bonds. The van der Waals surface area contributed by atoms with Crippen molar-refractivity contribution < 1.29 is 9.53 Å². The van der Waals surface area contributed by atoms with Gasteiger partial charge in [0.1, 0.15) is 5.75 Å². The summed E-state index contributed by atoms with van der Waals surface area (Å²) in [6, 6.07) is 7.95. The Bertz CT molecular complexity index is 734. The van der Waals surface area contributed by atoms with Crippen LogP contribution in [-0.4, -0.2) is 49.1 Å². The molecule has 120 valence electrons. The number of hydrogen-bond acceptors (Lipinski definition) is 4. The van der Waals surface area contributed by atoms with Crippen LogP contribution in [0.15, 0.2) is 30.5 Å². The number of amides is 1. The van der Waals surface area contributed by atoms with Crippen LogP contribution in [0.1, 0.15) is 12.8 Å². The molecule has 2 aliphatic rings. The number of pyridine rings is 1. The van der Waals surface area contributed by atoms with Gasteiger partial charge in [-0.05, 0) is 37.1 Å². The molecule has 0 N–H and O–H groups in total. The monoisotopic (exact) mass is 311 g/mol. The maximum atomic E-state index is 12.4. The van der Waals surface area contributed by atoms with Crippen LogP contribution >= 0.6 is 0 Å². The highest BCUT2D eigenvalue weighted by molar-refractivity contribution is 5.94. The molecule has 2 aromatic rings. The van der Waals surface area contributed by atoms with E-state index in [1.165, 1.54) is 0 Å². The van der Waals surface area contributed by atoms with Crippen molar-refractivity contribution in [3.05, 3.63) is 30.5 Å². The van der Waals surface area contributed by atoms with E-state index in [2.05, 4.69) is 9.88 Å². The molecule has 0 unspecified atom stereocenters. The first-order valence-corrected chi connectivity index (χ1v) is 8.23. The molecule has 0 spiro atoms. The number of rotatable bonds is 3. The largest absolute Gasteiger partial charge is 0.497 e. The fourth-order valence-electron chi connectivity index (χ4n) is 3.54. The number of carbonyl (C=O) groups is 1. The molecule has 5 nitrogen and oxygen atoms in total. The van der Waals surface area contributed by atoms with E-state index in [0.717, 1.165) is 61.4 Å². The third-order valence-electron chi connectivity index (χ3n) is 4.91. The van der Waals surface area contributed by atoms with Gasteiger partial charge in [-0.2, -0.15) is 0 Å². The van der Waals surface area contributed by atoms with Crippen LogP contribution in [0, 0.1) is 5.92 Å². The average molecular weight is 311 g/mol. The first kappa shape index (κ1) is 14.3. The second-order valence-electron chi connectivity index (χ2n) is 6.35. The van der Waals surface area contributed by atoms with Crippen LogP contribution in [-0.2, 0) is 4.79 Å². The van der Waals surface area contributed by atoms with E-state index in [9.17, 15) is 4.79 Å². The van der Waals surface area contributed by atoms with Gasteiger partial charge in [0.15, 0.2) is 0 Å². The summed E-state index contributed by atoms with van der Waals surface area (Å²) in [5.41, 5.74) is 2.09. The zero-order valence-corrected chi connectivity index (χ0v) is 13.4. The molecule has 0 bridgehead atoms. The average Bonchev–Trinajstić information content (AvgIpc) is 3.07. The minimum atomic E-state index is 0.141. The molecular weight excluding hydrogens is 290 g/mol. The zero-order valence-electron chi connectivity index (χ0n) is 13.4. The van der Waals surface area contributed by atoms with Gasteiger partial charge in [-0.1, -0.05) is 0 Å². The van der Waals surface area contributed by atoms with Crippen LogP contribution in [0.4, 0.5) is 5.69 Å². The lowest BCUT2D eigenvalue weighted by Gasteiger charge is -2.42. The lowest BCUT2D eigenvalue weighted by Crippen LogP contribution is -2.54. The van der Waals surface area contributed by atoms with Crippen molar-refractivity contribution >= 4 is 22.5 Å². The molecule has 5 heteroatoms. The van der Waals surface area contributed by atoms with Gasteiger partial charge in [0.05, 0.1) is 18.5 Å². The van der Waals surface area contributed by atoms with Crippen molar-refractivity contribution in [3.63, 3.8) is 0 Å². The van der Waals surface area contributed by atoms with Crippen LogP contribution in [0.25, 0.3) is 10.9 Å². The van der Waals surface area contributed by atoms with Gasteiger partial charge in [0, 0.05) is 43.4 Å². The molecule has 2 fully saturated rings. The minimum Gasteiger partial charge on any atom is -0.497 e. The molecule has 1 aromatic heterocycles. The Morgan fingerprint density at radius 3 is 2.74 bits per heavy atom. The van der Waals surface area contributed by atoms with Crippen molar-refractivity contribution in [1.29, 1.82) is 0 Å². The number of aromatic nitrogens is 1. The summed E-state index contributed by atoms with van der Waals surface area (Å²) < 4.78 is 5.33. The highest BCUT2D eigenvalue weighted by Crippen LogP contribution is 2.33. The Labute approximate surface area is 135 Å². The van der Waals surface area contributed by atoms with E-state index in [-0.39, 0.29) is 5.92 Å². The van der Waals surface area contributed by atoms with Crippen LogP contribution in [0.3, 0.4) is 0 Å². The minimum absolute atomic E-state index is 0.141. The van der Waals surface area contributed by atoms with Crippen LogP contribution < -0.4 is 9.64 Å². The van der Waals surface area contributed by atoms with Crippen molar-refractivity contribution in [3.8, 4) is 5.75 Å². The van der Waals surface area contributed by atoms with Gasteiger partial charge in [-0.15, -0.1) is 0 Å². The second-order valence-corrected chi connectivity index (χ2v) is 6.35. The Morgan fingerprint density at radius 1 is 1.22 bits per heavy atom. The molecule has 3 heterocycles. The topological polar surface area (TPSA) is 45.7 Å². The zero-order chi connectivity index (χ0) is 15.8. The van der Waals surface area contributed by atoms with E-state index in [4.69, 9.17) is 4.74 Å². The quantitative estimate of drug-likeness (QED) is 0.872. The summed E-state index contributed by atoms with van der Waals surface area (Å²) in [5, 5.41) is 1.08. The Kier molecular flexibility index (Phi) is 3.56. The maximum absolute atomic E-state index is 12.4. The fraction of sp³-hybridized carbons (Fsp3) is 0.444. The van der Waals surface area contributed by atoms with Crippen molar-refractivity contribution in [2.24, 2.45) is 5.92 Å². The number of carbonyl (C=O) groups excluding carboxylic acids is 1. The number of nitrogens with zero attached hydrogens (tertiary/aromatic N) is 3. The Balaban J connectivity index is 1.53. The molecule has 0 radical (unpaired) electrons. The number of fused-ring (bicyclic) bond motifs is 1. The maximum Gasteiger partial charge on any atom is 0.229 e. The van der Waals surface area contributed by atoms with Gasteiger partial charge in [0.2, 0.25) is 5.91 Å². The normalized spacial score (nSPS) is 18.3. The first-order chi connectivity index (χ1) is 11.3. The molecule has 0 saturated carbocycles. The number of anilines is 1. The van der Waals surface area contributed by atoms with Gasteiger partial charge in [-0.3, -0.25) is 9.78 Å². The van der Waals surface area contributed by atoms with E-state index >= 15 is 0 Å². The number of methoxy groups -OCH3 is 1. The summed E-state index contributed by atoms with van der Waals surface area (Å²) in [6.45, 7) is 3.47. The second kappa shape index (κ2) is 5.72. The lowest BCUT2D eigenvalue weighted by molar-refractivity contribution is -0.135. The molecule has 0 aliphatic carbocycles. The van der Waals surface area contributed by atoms with E-state index < -0.39 is 0 Å².